The molecule has 1 unspecified atom stereocenters. The van der Waals surface area contributed by atoms with Crippen molar-refractivity contribution in [2.24, 2.45) is 0 Å². The lowest BCUT2D eigenvalue weighted by Gasteiger charge is -2.37. The van der Waals surface area contributed by atoms with Crippen molar-refractivity contribution in [1.29, 1.82) is 0 Å². The lowest BCUT2D eigenvalue weighted by Crippen LogP contribution is -2.45. The Morgan fingerprint density at radius 2 is 2.14 bits per heavy atom. The Labute approximate surface area is 126 Å². The van der Waals surface area contributed by atoms with Crippen molar-refractivity contribution < 1.29 is 5.11 Å². The summed E-state index contributed by atoms with van der Waals surface area (Å²) < 4.78 is 0. The molecule has 2 aromatic rings. The number of aliphatic hydroxyl groups is 1. The molecular formula is C17H23N3O. The van der Waals surface area contributed by atoms with Crippen LogP contribution in [-0.2, 0) is 6.61 Å². The highest BCUT2D eigenvalue weighted by atomic mass is 16.3. The van der Waals surface area contributed by atoms with E-state index in [0.29, 0.717) is 6.04 Å². The molecule has 0 aliphatic carbocycles. The molecule has 0 spiro atoms. The summed E-state index contributed by atoms with van der Waals surface area (Å²) in [4.78, 5) is 9.36. The zero-order valence-corrected chi connectivity index (χ0v) is 12.8. The van der Waals surface area contributed by atoms with Crippen molar-refractivity contribution in [3.63, 3.8) is 0 Å². The van der Waals surface area contributed by atoms with Gasteiger partial charge in [0.25, 0.3) is 0 Å². The van der Waals surface area contributed by atoms with Crippen molar-refractivity contribution in [2.75, 3.05) is 32.1 Å². The quantitative estimate of drug-likeness (QED) is 0.939. The van der Waals surface area contributed by atoms with E-state index in [0.717, 1.165) is 30.0 Å². The number of piperidine rings is 1. The molecular weight excluding hydrogens is 262 g/mol. The molecule has 0 radical (unpaired) electrons. The summed E-state index contributed by atoms with van der Waals surface area (Å²) in [6, 6.07) is 10.8. The second kappa shape index (κ2) is 6.00. The minimum Gasteiger partial charge on any atom is -0.390 e. The second-order valence-corrected chi connectivity index (χ2v) is 6.02. The van der Waals surface area contributed by atoms with Crippen molar-refractivity contribution in [3.05, 3.63) is 36.0 Å². The first-order chi connectivity index (χ1) is 10.2. The largest absolute Gasteiger partial charge is 0.390 e. The Morgan fingerprint density at radius 3 is 2.90 bits per heavy atom. The number of aromatic nitrogens is 1. The molecule has 0 bridgehead atoms. The lowest BCUT2D eigenvalue weighted by atomic mass is 10.0. The monoisotopic (exact) mass is 285 g/mol. The van der Waals surface area contributed by atoms with Gasteiger partial charge in [0, 0.05) is 24.5 Å². The first-order valence-corrected chi connectivity index (χ1v) is 7.60. The minimum atomic E-state index is -0.0111. The number of rotatable bonds is 3. The van der Waals surface area contributed by atoms with E-state index in [1.807, 2.05) is 12.1 Å². The number of hydrogen-bond acceptors (Lipinski definition) is 4. The van der Waals surface area contributed by atoms with Crippen molar-refractivity contribution >= 4 is 16.6 Å². The van der Waals surface area contributed by atoms with Crippen LogP contribution in [0.5, 0.6) is 0 Å². The summed E-state index contributed by atoms with van der Waals surface area (Å²) in [7, 11) is 4.29. The summed E-state index contributed by atoms with van der Waals surface area (Å²) in [5.41, 5.74) is 0.746. The van der Waals surface area contributed by atoms with Gasteiger partial charge in [0.15, 0.2) is 0 Å². The summed E-state index contributed by atoms with van der Waals surface area (Å²) in [6.45, 7) is 2.03. The van der Waals surface area contributed by atoms with Gasteiger partial charge in [-0.2, -0.15) is 0 Å². The summed E-state index contributed by atoms with van der Waals surface area (Å²) in [6.07, 6.45) is 2.42. The van der Waals surface area contributed by atoms with E-state index in [1.165, 1.54) is 18.2 Å². The lowest BCUT2D eigenvalue weighted by molar-refractivity contribution is 0.257. The van der Waals surface area contributed by atoms with Gasteiger partial charge < -0.3 is 14.9 Å². The smallest absolute Gasteiger partial charge is 0.136 e. The molecule has 2 heterocycles. The van der Waals surface area contributed by atoms with Gasteiger partial charge in [-0.25, -0.2) is 4.98 Å². The fraction of sp³-hybridized carbons (Fsp3) is 0.471. The summed E-state index contributed by atoms with van der Waals surface area (Å²) in [5, 5.41) is 11.8. The number of pyridine rings is 1. The van der Waals surface area contributed by atoms with Gasteiger partial charge in [-0.1, -0.05) is 24.3 Å². The fourth-order valence-corrected chi connectivity index (χ4v) is 3.13. The van der Waals surface area contributed by atoms with E-state index in [2.05, 4.69) is 42.1 Å². The molecule has 3 rings (SSSR count). The van der Waals surface area contributed by atoms with Crippen LogP contribution in [0.15, 0.2) is 30.3 Å². The predicted molar refractivity (Wildman–Crippen MR) is 86.6 cm³/mol. The van der Waals surface area contributed by atoms with Crippen molar-refractivity contribution in [1.82, 2.24) is 9.88 Å². The average Bonchev–Trinajstić information content (AvgIpc) is 2.53. The molecule has 112 valence electrons. The van der Waals surface area contributed by atoms with E-state index in [9.17, 15) is 5.11 Å². The number of likely N-dealkylation sites (N-methyl/N-ethyl adjacent to an activating group) is 1. The molecule has 1 aromatic carbocycles. The van der Waals surface area contributed by atoms with E-state index in [4.69, 9.17) is 4.98 Å². The number of hydrogen-bond donors (Lipinski definition) is 1. The second-order valence-electron chi connectivity index (χ2n) is 6.02. The van der Waals surface area contributed by atoms with Gasteiger partial charge in [-0.3, -0.25) is 0 Å². The Bertz CT molecular complexity index is 626. The van der Waals surface area contributed by atoms with E-state index in [1.54, 1.807) is 0 Å². The Kier molecular flexibility index (Phi) is 4.08. The zero-order chi connectivity index (χ0) is 14.8. The maximum atomic E-state index is 9.47. The SMILES string of the molecule is CN(C)C1CCCN(c2nc(CO)cc3ccccc23)C1. The molecule has 1 saturated heterocycles. The standard InChI is InChI=1S/C17H23N3O/c1-19(2)15-7-5-9-20(11-15)17-16-8-4-3-6-13(16)10-14(12-21)18-17/h3-4,6,8,10,15,21H,5,7,9,11-12H2,1-2H3. The number of fused-ring (bicyclic) bond motifs is 1. The van der Waals surface area contributed by atoms with E-state index >= 15 is 0 Å². The van der Waals surface area contributed by atoms with Crippen LogP contribution in [-0.4, -0.2) is 48.2 Å². The number of benzene rings is 1. The van der Waals surface area contributed by atoms with Gasteiger partial charge in [-0.15, -0.1) is 0 Å². The third-order valence-corrected chi connectivity index (χ3v) is 4.36. The highest BCUT2D eigenvalue weighted by Crippen LogP contribution is 2.28. The average molecular weight is 285 g/mol. The fourth-order valence-electron chi connectivity index (χ4n) is 3.13. The van der Waals surface area contributed by atoms with Crippen LogP contribution in [0.2, 0.25) is 0 Å². The maximum Gasteiger partial charge on any atom is 0.136 e. The van der Waals surface area contributed by atoms with E-state index < -0.39 is 0 Å². The van der Waals surface area contributed by atoms with Crippen LogP contribution in [0, 0.1) is 0 Å². The van der Waals surface area contributed by atoms with Crippen LogP contribution in [0.1, 0.15) is 18.5 Å². The topological polar surface area (TPSA) is 39.6 Å². The molecule has 1 fully saturated rings. The summed E-state index contributed by atoms with van der Waals surface area (Å²) >= 11 is 0. The van der Waals surface area contributed by atoms with Crippen LogP contribution in [0.3, 0.4) is 0 Å². The van der Waals surface area contributed by atoms with Gasteiger partial charge >= 0.3 is 0 Å². The van der Waals surface area contributed by atoms with Crippen LogP contribution < -0.4 is 4.90 Å². The molecule has 1 aromatic heterocycles. The third-order valence-electron chi connectivity index (χ3n) is 4.36. The number of aliphatic hydroxyl groups excluding tert-OH is 1. The van der Waals surface area contributed by atoms with Gasteiger partial charge in [-0.05, 0) is 38.4 Å². The van der Waals surface area contributed by atoms with Crippen LogP contribution in [0.4, 0.5) is 5.82 Å². The first kappa shape index (κ1) is 14.3. The number of nitrogens with zero attached hydrogens (tertiary/aromatic N) is 3. The molecule has 1 aliphatic rings. The van der Waals surface area contributed by atoms with Crippen LogP contribution >= 0.6 is 0 Å². The molecule has 1 atom stereocenters. The Morgan fingerprint density at radius 1 is 1.33 bits per heavy atom. The van der Waals surface area contributed by atoms with Gasteiger partial charge in [0.05, 0.1) is 12.3 Å². The van der Waals surface area contributed by atoms with Gasteiger partial charge in [0.1, 0.15) is 5.82 Å². The van der Waals surface area contributed by atoms with Gasteiger partial charge in [0.2, 0.25) is 0 Å². The Hall–Kier alpha value is -1.65. The summed E-state index contributed by atoms with van der Waals surface area (Å²) in [5.74, 6) is 1.02. The predicted octanol–water partition coefficient (Wildman–Crippen LogP) is 2.26. The van der Waals surface area contributed by atoms with Crippen molar-refractivity contribution in [2.45, 2.75) is 25.5 Å². The maximum absolute atomic E-state index is 9.47. The normalized spacial score (nSPS) is 19.4. The highest BCUT2D eigenvalue weighted by molar-refractivity contribution is 5.92. The first-order valence-electron chi connectivity index (χ1n) is 7.60. The van der Waals surface area contributed by atoms with Crippen LogP contribution in [0.25, 0.3) is 10.8 Å². The molecule has 0 amide bonds. The molecule has 4 nitrogen and oxygen atoms in total. The molecule has 0 saturated carbocycles. The molecule has 21 heavy (non-hydrogen) atoms. The minimum absolute atomic E-state index is 0.0111. The third kappa shape index (κ3) is 2.87. The Balaban J connectivity index is 2.02. The molecule has 4 heteroatoms. The zero-order valence-electron chi connectivity index (χ0n) is 12.8. The highest BCUT2D eigenvalue weighted by Gasteiger charge is 2.23. The molecule has 1 N–H and O–H groups in total. The number of anilines is 1. The molecule has 1 aliphatic heterocycles. The van der Waals surface area contributed by atoms with Crippen molar-refractivity contribution in [3.8, 4) is 0 Å². The van der Waals surface area contributed by atoms with E-state index in [-0.39, 0.29) is 6.61 Å².